The molecule has 0 bridgehead atoms. The molecule has 0 saturated carbocycles. The van der Waals surface area contributed by atoms with E-state index in [-0.39, 0.29) is 6.42 Å². The SMILES string of the molecule is CCCl.COC(=O)CC(=O)OC. The molecular formula is C7H13ClO4. The lowest BCUT2D eigenvalue weighted by Crippen LogP contribution is -2.09. The fourth-order valence-corrected chi connectivity index (χ4v) is 0.262. The van der Waals surface area contributed by atoms with E-state index in [4.69, 9.17) is 11.6 Å². The lowest BCUT2D eigenvalue weighted by molar-refractivity contribution is -0.151. The minimum Gasteiger partial charge on any atom is -0.469 e. The Bertz CT molecular complexity index is 121. The number of esters is 2. The fourth-order valence-electron chi connectivity index (χ4n) is 0.262. The minimum absolute atomic E-state index is 0.312. The van der Waals surface area contributed by atoms with Gasteiger partial charge in [-0.25, -0.2) is 0 Å². The van der Waals surface area contributed by atoms with E-state index in [1.54, 1.807) is 0 Å². The number of hydrogen-bond acceptors (Lipinski definition) is 4. The monoisotopic (exact) mass is 196 g/mol. The van der Waals surface area contributed by atoms with E-state index in [2.05, 4.69) is 9.47 Å². The second-order valence-electron chi connectivity index (χ2n) is 1.60. The van der Waals surface area contributed by atoms with Crippen molar-refractivity contribution in [3.63, 3.8) is 0 Å². The minimum atomic E-state index is -0.582. The molecule has 0 aliphatic carbocycles. The van der Waals surface area contributed by atoms with Gasteiger partial charge >= 0.3 is 11.9 Å². The lowest BCUT2D eigenvalue weighted by atomic mass is 10.4. The molecule has 0 aliphatic heterocycles. The maximum atomic E-state index is 10.3. The first-order chi connectivity index (χ1) is 5.62. The molecule has 5 heteroatoms. The van der Waals surface area contributed by atoms with Crippen LogP contribution in [-0.2, 0) is 19.1 Å². The average molecular weight is 197 g/mol. The Labute approximate surface area is 76.8 Å². The van der Waals surface area contributed by atoms with Crippen LogP contribution >= 0.6 is 11.6 Å². The lowest BCUT2D eigenvalue weighted by Gasteiger charge is -1.95. The van der Waals surface area contributed by atoms with E-state index in [0.717, 1.165) is 5.88 Å². The number of alkyl halides is 1. The van der Waals surface area contributed by atoms with Crippen LogP contribution in [0.5, 0.6) is 0 Å². The number of carbonyl (C=O) groups is 2. The normalized spacial score (nSPS) is 7.67. The molecule has 0 rings (SSSR count). The van der Waals surface area contributed by atoms with Crippen molar-refractivity contribution in [2.24, 2.45) is 0 Å². The van der Waals surface area contributed by atoms with E-state index in [1.807, 2.05) is 6.92 Å². The molecule has 0 amide bonds. The maximum absolute atomic E-state index is 10.3. The van der Waals surface area contributed by atoms with Crippen LogP contribution in [0.1, 0.15) is 13.3 Å². The second-order valence-corrected chi connectivity index (χ2v) is 2.13. The largest absolute Gasteiger partial charge is 0.469 e. The molecule has 0 saturated heterocycles. The Morgan fingerprint density at radius 3 is 1.58 bits per heavy atom. The van der Waals surface area contributed by atoms with Crippen LogP contribution in [0.2, 0.25) is 0 Å². The molecule has 0 aromatic heterocycles. The summed E-state index contributed by atoms with van der Waals surface area (Å²) < 4.78 is 8.37. The molecule has 0 spiro atoms. The highest BCUT2D eigenvalue weighted by Gasteiger charge is 2.07. The van der Waals surface area contributed by atoms with Gasteiger partial charge in [0.05, 0.1) is 14.2 Å². The molecule has 0 heterocycles. The highest BCUT2D eigenvalue weighted by Crippen LogP contribution is 1.85. The van der Waals surface area contributed by atoms with E-state index in [9.17, 15) is 9.59 Å². The Balaban J connectivity index is 0. The highest BCUT2D eigenvalue weighted by molar-refractivity contribution is 6.17. The molecule has 0 atom stereocenters. The van der Waals surface area contributed by atoms with Gasteiger partial charge in [0.1, 0.15) is 6.42 Å². The van der Waals surface area contributed by atoms with E-state index in [0.29, 0.717) is 0 Å². The van der Waals surface area contributed by atoms with E-state index < -0.39 is 11.9 Å². The number of ether oxygens (including phenoxy) is 2. The number of carbonyl (C=O) groups excluding carboxylic acids is 2. The van der Waals surface area contributed by atoms with Crippen molar-refractivity contribution in [3.05, 3.63) is 0 Å². The van der Waals surface area contributed by atoms with Crippen molar-refractivity contribution in [1.29, 1.82) is 0 Å². The number of rotatable bonds is 2. The zero-order chi connectivity index (χ0) is 9.98. The van der Waals surface area contributed by atoms with Crippen molar-refractivity contribution < 1.29 is 19.1 Å². The van der Waals surface area contributed by atoms with Crippen molar-refractivity contribution in [1.82, 2.24) is 0 Å². The van der Waals surface area contributed by atoms with Crippen LogP contribution in [0, 0.1) is 0 Å². The highest BCUT2D eigenvalue weighted by atomic mass is 35.5. The molecule has 0 aromatic rings. The van der Waals surface area contributed by atoms with Gasteiger partial charge in [-0.15, -0.1) is 11.6 Å². The summed E-state index contributed by atoms with van der Waals surface area (Å²) >= 11 is 5.00. The Morgan fingerprint density at radius 1 is 1.17 bits per heavy atom. The summed E-state index contributed by atoms with van der Waals surface area (Å²) in [7, 11) is 2.43. The number of hydrogen-bond donors (Lipinski definition) is 0. The van der Waals surface area contributed by atoms with Crippen molar-refractivity contribution >= 4 is 23.5 Å². The third-order valence-electron chi connectivity index (χ3n) is 0.744. The van der Waals surface area contributed by atoms with Gasteiger partial charge in [-0.1, -0.05) is 6.92 Å². The summed E-state index contributed by atoms with van der Waals surface area (Å²) in [5.41, 5.74) is 0. The van der Waals surface area contributed by atoms with Crippen molar-refractivity contribution in [3.8, 4) is 0 Å². The Hall–Kier alpha value is -0.770. The molecular weight excluding hydrogens is 184 g/mol. The fraction of sp³-hybridized carbons (Fsp3) is 0.714. The van der Waals surface area contributed by atoms with Crippen LogP contribution in [0.3, 0.4) is 0 Å². The van der Waals surface area contributed by atoms with Gasteiger partial charge in [-0.05, 0) is 0 Å². The second kappa shape index (κ2) is 10.2. The van der Waals surface area contributed by atoms with Gasteiger partial charge in [-0.3, -0.25) is 9.59 Å². The molecule has 0 radical (unpaired) electrons. The van der Waals surface area contributed by atoms with Gasteiger partial charge in [0, 0.05) is 5.88 Å². The van der Waals surface area contributed by atoms with Crippen LogP contribution in [-0.4, -0.2) is 32.0 Å². The summed E-state index contributed by atoms with van der Waals surface area (Å²) in [6, 6.07) is 0. The van der Waals surface area contributed by atoms with Crippen LogP contribution < -0.4 is 0 Å². The number of methoxy groups -OCH3 is 2. The van der Waals surface area contributed by atoms with Crippen molar-refractivity contribution in [2.75, 3.05) is 20.1 Å². The van der Waals surface area contributed by atoms with Gasteiger partial charge in [-0.2, -0.15) is 0 Å². The summed E-state index contributed by atoms with van der Waals surface area (Å²) in [4.78, 5) is 20.5. The molecule has 12 heavy (non-hydrogen) atoms. The third-order valence-corrected chi connectivity index (χ3v) is 0.744. The molecule has 72 valence electrons. The third kappa shape index (κ3) is 12.0. The molecule has 4 nitrogen and oxygen atoms in total. The predicted molar refractivity (Wildman–Crippen MR) is 45.0 cm³/mol. The standard InChI is InChI=1S/C5H8O4.C2H5Cl/c1-8-4(6)3-5(7)9-2;1-2-3/h3H2,1-2H3;2H2,1H3. The smallest absolute Gasteiger partial charge is 0.316 e. The summed E-state index contributed by atoms with van der Waals surface area (Å²) in [5, 5.41) is 0. The quantitative estimate of drug-likeness (QED) is 0.375. The van der Waals surface area contributed by atoms with Crippen LogP contribution in [0.15, 0.2) is 0 Å². The number of halogens is 1. The zero-order valence-corrected chi connectivity index (χ0v) is 8.18. The Kier molecular flexibility index (Phi) is 11.8. The van der Waals surface area contributed by atoms with Gasteiger partial charge in [0.15, 0.2) is 0 Å². The summed E-state index contributed by atoms with van der Waals surface area (Å²) in [6.07, 6.45) is -0.312. The van der Waals surface area contributed by atoms with E-state index in [1.165, 1.54) is 14.2 Å². The predicted octanol–water partition coefficient (Wildman–Crippen LogP) is 0.968. The molecule has 0 fully saturated rings. The van der Waals surface area contributed by atoms with E-state index >= 15 is 0 Å². The first-order valence-corrected chi connectivity index (χ1v) is 3.85. The van der Waals surface area contributed by atoms with Crippen LogP contribution in [0.25, 0.3) is 0 Å². The molecule has 0 aliphatic rings. The molecule has 0 unspecified atom stereocenters. The topological polar surface area (TPSA) is 52.6 Å². The molecule has 0 N–H and O–H groups in total. The van der Waals surface area contributed by atoms with Gasteiger partial charge in [0.25, 0.3) is 0 Å². The Morgan fingerprint density at radius 2 is 1.42 bits per heavy atom. The first-order valence-electron chi connectivity index (χ1n) is 3.31. The van der Waals surface area contributed by atoms with Gasteiger partial charge in [0.2, 0.25) is 0 Å². The first kappa shape index (κ1) is 13.8. The summed E-state index contributed by atoms with van der Waals surface area (Å²) in [6.45, 7) is 1.89. The molecule has 0 aromatic carbocycles. The van der Waals surface area contributed by atoms with Crippen LogP contribution in [0.4, 0.5) is 0 Å². The van der Waals surface area contributed by atoms with Gasteiger partial charge < -0.3 is 9.47 Å². The maximum Gasteiger partial charge on any atom is 0.316 e. The van der Waals surface area contributed by atoms with Crippen molar-refractivity contribution in [2.45, 2.75) is 13.3 Å². The average Bonchev–Trinajstić information content (AvgIpc) is 2.05. The zero-order valence-electron chi connectivity index (χ0n) is 7.43. The summed E-state index contributed by atoms with van der Waals surface area (Å²) in [5.74, 6) is -0.441.